The van der Waals surface area contributed by atoms with E-state index in [4.69, 9.17) is 14.2 Å². The van der Waals surface area contributed by atoms with Crippen molar-refractivity contribution in [2.45, 2.75) is 38.5 Å². The van der Waals surface area contributed by atoms with Crippen LogP contribution in [-0.4, -0.2) is 63.8 Å². The van der Waals surface area contributed by atoms with Crippen molar-refractivity contribution < 1.29 is 19.0 Å². The maximum absolute atomic E-state index is 12.8. The number of aliphatic imine (C=N–C) groups is 1. The summed E-state index contributed by atoms with van der Waals surface area (Å²) in [6.07, 6.45) is 7.42. The summed E-state index contributed by atoms with van der Waals surface area (Å²) in [6.45, 7) is 4.33. The van der Waals surface area contributed by atoms with E-state index in [0.717, 1.165) is 37.0 Å². The van der Waals surface area contributed by atoms with Crippen LogP contribution in [0, 0.1) is 23.2 Å². The fraction of sp³-hybridized carbons (Fsp3) is 0.900. The van der Waals surface area contributed by atoms with Gasteiger partial charge in [0, 0.05) is 12.0 Å². The number of carbonyl (C=O) groups is 1. The summed E-state index contributed by atoms with van der Waals surface area (Å²) in [5.41, 5.74) is -0.0630. The Morgan fingerprint density at radius 2 is 1.44 bits per heavy atom. The monoisotopic (exact) mass is 396 g/mol. The van der Waals surface area contributed by atoms with Gasteiger partial charge in [0.25, 0.3) is 0 Å². The topological polar surface area (TPSA) is 69.2 Å². The van der Waals surface area contributed by atoms with Gasteiger partial charge in [-0.05, 0) is 68.5 Å². The Kier molecular flexibility index (Phi) is 8.22. The molecule has 4 rings (SSSR count). The molecular formula is C20H32N2O4S. The first-order valence-corrected chi connectivity index (χ1v) is 10.7. The van der Waals surface area contributed by atoms with E-state index in [2.05, 4.69) is 27.7 Å². The number of nitrogens with zero attached hydrogens (tertiary/aromatic N) is 1. The Bertz CT molecular complexity index is 501. The van der Waals surface area contributed by atoms with Crippen LogP contribution in [0.4, 0.5) is 0 Å². The lowest BCUT2D eigenvalue weighted by Crippen LogP contribution is -2.53. The molecular weight excluding hydrogens is 364 g/mol. The molecule has 0 radical (unpaired) electrons. The molecule has 152 valence electrons. The molecule has 4 saturated carbocycles. The Balaban J connectivity index is 1.17. The molecule has 0 atom stereocenters. The lowest BCUT2D eigenvalue weighted by molar-refractivity contribution is -0.146. The average Bonchev–Trinajstić information content (AvgIpc) is 2.64. The van der Waals surface area contributed by atoms with Crippen molar-refractivity contribution in [3.05, 3.63) is 0 Å². The van der Waals surface area contributed by atoms with E-state index < -0.39 is 0 Å². The molecule has 0 unspecified atom stereocenters. The van der Waals surface area contributed by atoms with Gasteiger partial charge in [-0.3, -0.25) is 4.79 Å². The highest BCUT2D eigenvalue weighted by Crippen LogP contribution is 2.60. The maximum Gasteiger partial charge on any atom is 0.226 e. The fourth-order valence-corrected chi connectivity index (χ4v) is 5.60. The van der Waals surface area contributed by atoms with E-state index in [0.29, 0.717) is 52.7 Å². The first kappa shape index (κ1) is 20.9. The van der Waals surface area contributed by atoms with Gasteiger partial charge in [0.2, 0.25) is 5.91 Å². The van der Waals surface area contributed by atoms with E-state index in [1.165, 1.54) is 19.3 Å². The lowest BCUT2D eigenvalue weighted by atomic mass is 9.49. The second-order valence-corrected chi connectivity index (χ2v) is 8.45. The number of ether oxygens (including phenoxy) is 3. The Morgan fingerprint density at radius 3 is 2.00 bits per heavy atom. The van der Waals surface area contributed by atoms with Gasteiger partial charge in [0.1, 0.15) is 0 Å². The molecule has 7 heteroatoms. The first-order valence-electron chi connectivity index (χ1n) is 10.3. The second kappa shape index (κ2) is 10.6. The van der Waals surface area contributed by atoms with Gasteiger partial charge in [-0.2, -0.15) is 0 Å². The summed E-state index contributed by atoms with van der Waals surface area (Å²) in [5, 5.41) is 5.43. The SMILES string of the molecule is O=C(NCCOCCOCCOCCN=C=S)C12CC3CC(CC(C3)C1)C2. The third-order valence-electron chi connectivity index (χ3n) is 6.21. The number of isothiocyanates is 1. The number of hydrogen-bond acceptors (Lipinski definition) is 6. The number of hydrogen-bond donors (Lipinski definition) is 1. The van der Waals surface area contributed by atoms with Crippen molar-refractivity contribution >= 4 is 23.3 Å². The van der Waals surface area contributed by atoms with Crippen molar-refractivity contribution in [3.63, 3.8) is 0 Å². The van der Waals surface area contributed by atoms with Gasteiger partial charge >= 0.3 is 0 Å². The molecule has 4 aliphatic rings. The largest absolute Gasteiger partial charge is 0.377 e. The van der Waals surface area contributed by atoms with Crippen LogP contribution in [0.1, 0.15) is 38.5 Å². The number of amides is 1. The molecule has 0 saturated heterocycles. The number of nitrogens with one attached hydrogen (secondary N) is 1. The standard InChI is InChI=1S/C20H32N2O4S/c23-19(20-12-16-9-17(13-20)11-18(10-16)14-20)22-2-4-25-6-8-26-7-5-24-3-1-21-15-27/h16-18H,1-14H2,(H,22,23). The van der Waals surface area contributed by atoms with E-state index in [1.54, 1.807) is 0 Å². The van der Waals surface area contributed by atoms with Crippen molar-refractivity contribution in [2.75, 3.05) is 52.7 Å². The molecule has 0 spiro atoms. The normalized spacial score (nSPS) is 30.9. The number of carbonyl (C=O) groups excluding carboxylic acids is 1. The van der Waals surface area contributed by atoms with Gasteiger partial charge in [0.15, 0.2) is 0 Å². The molecule has 0 aromatic heterocycles. The van der Waals surface area contributed by atoms with Crippen molar-refractivity contribution in [1.29, 1.82) is 0 Å². The van der Waals surface area contributed by atoms with Gasteiger partial charge in [-0.1, -0.05) is 0 Å². The molecule has 1 N–H and O–H groups in total. The lowest BCUT2D eigenvalue weighted by Gasteiger charge is -2.55. The van der Waals surface area contributed by atoms with Crippen LogP contribution in [0.25, 0.3) is 0 Å². The summed E-state index contributed by atoms with van der Waals surface area (Å²) < 4.78 is 16.3. The summed E-state index contributed by atoms with van der Waals surface area (Å²) in [5.74, 6) is 2.67. The molecule has 0 heterocycles. The summed E-state index contributed by atoms with van der Waals surface area (Å²) in [6, 6.07) is 0. The first-order chi connectivity index (χ1) is 13.2. The molecule has 0 aromatic rings. The van der Waals surface area contributed by atoms with Crippen molar-refractivity contribution in [1.82, 2.24) is 5.32 Å². The van der Waals surface area contributed by atoms with Gasteiger partial charge in [-0.15, -0.1) is 0 Å². The van der Waals surface area contributed by atoms with E-state index >= 15 is 0 Å². The molecule has 1 amide bonds. The minimum absolute atomic E-state index is 0.0630. The predicted octanol–water partition coefficient (Wildman–Crippen LogP) is 2.47. The van der Waals surface area contributed by atoms with Crippen LogP contribution in [0.2, 0.25) is 0 Å². The van der Waals surface area contributed by atoms with Crippen LogP contribution >= 0.6 is 12.2 Å². The number of rotatable bonds is 13. The summed E-state index contributed by atoms with van der Waals surface area (Å²) >= 11 is 4.47. The zero-order chi connectivity index (χ0) is 19.0. The molecule has 4 fully saturated rings. The third kappa shape index (κ3) is 6.06. The molecule has 4 aliphatic carbocycles. The van der Waals surface area contributed by atoms with Gasteiger partial charge < -0.3 is 19.5 Å². The van der Waals surface area contributed by atoms with Crippen molar-refractivity contribution in [3.8, 4) is 0 Å². The molecule has 4 bridgehead atoms. The zero-order valence-corrected chi connectivity index (χ0v) is 16.9. The smallest absolute Gasteiger partial charge is 0.226 e. The Hall–Kier alpha value is -0.850. The van der Waals surface area contributed by atoms with E-state index in [1.807, 2.05) is 0 Å². The minimum atomic E-state index is -0.0630. The predicted molar refractivity (Wildman–Crippen MR) is 106 cm³/mol. The Morgan fingerprint density at radius 1 is 0.926 bits per heavy atom. The third-order valence-corrected chi connectivity index (χ3v) is 6.34. The van der Waals surface area contributed by atoms with Crippen LogP contribution in [0.3, 0.4) is 0 Å². The highest BCUT2D eigenvalue weighted by atomic mass is 32.1. The molecule has 6 nitrogen and oxygen atoms in total. The van der Waals surface area contributed by atoms with Crippen LogP contribution < -0.4 is 5.32 Å². The second-order valence-electron chi connectivity index (χ2n) is 8.26. The number of thiocarbonyl (C=S) groups is 1. The molecule has 0 aromatic carbocycles. The molecule has 0 aliphatic heterocycles. The van der Waals surface area contributed by atoms with Crippen LogP contribution in [-0.2, 0) is 19.0 Å². The minimum Gasteiger partial charge on any atom is -0.377 e. The van der Waals surface area contributed by atoms with Crippen molar-refractivity contribution in [2.24, 2.45) is 28.2 Å². The summed E-state index contributed by atoms with van der Waals surface area (Å²) in [7, 11) is 0. The average molecular weight is 397 g/mol. The quantitative estimate of drug-likeness (QED) is 0.294. The summed E-state index contributed by atoms with van der Waals surface area (Å²) in [4.78, 5) is 16.5. The van der Waals surface area contributed by atoms with Crippen LogP contribution in [0.5, 0.6) is 0 Å². The highest BCUT2D eigenvalue weighted by Gasteiger charge is 2.54. The Labute approximate surface area is 167 Å². The van der Waals surface area contributed by atoms with E-state index in [-0.39, 0.29) is 11.3 Å². The maximum atomic E-state index is 12.8. The fourth-order valence-electron chi connectivity index (χ4n) is 5.51. The van der Waals surface area contributed by atoms with Gasteiger partial charge in [-0.25, -0.2) is 4.99 Å². The van der Waals surface area contributed by atoms with Crippen LogP contribution in [0.15, 0.2) is 4.99 Å². The molecule has 27 heavy (non-hydrogen) atoms. The van der Waals surface area contributed by atoms with Gasteiger partial charge in [0.05, 0.1) is 51.3 Å². The zero-order valence-electron chi connectivity index (χ0n) is 16.1. The highest BCUT2D eigenvalue weighted by molar-refractivity contribution is 7.78. The van der Waals surface area contributed by atoms with E-state index in [9.17, 15) is 4.79 Å².